The Kier molecular flexibility index (Phi) is 3.67. The number of fused-ring (bicyclic) bond motifs is 2. The minimum absolute atomic E-state index is 0.688. The zero-order valence-corrected chi connectivity index (χ0v) is 14.4. The fourth-order valence-corrected chi connectivity index (χ4v) is 4.39. The molecule has 1 aromatic carbocycles. The van der Waals surface area contributed by atoms with Crippen molar-refractivity contribution in [3.05, 3.63) is 54.0 Å². The topological polar surface area (TPSA) is 48.1 Å². The van der Waals surface area contributed by atoms with Crippen molar-refractivity contribution in [2.24, 2.45) is 0 Å². The van der Waals surface area contributed by atoms with E-state index in [0.29, 0.717) is 6.04 Å². The van der Waals surface area contributed by atoms with E-state index in [9.17, 15) is 0 Å². The average Bonchev–Trinajstić information content (AvgIpc) is 3.17. The van der Waals surface area contributed by atoms with Crippen LogP contribution in [0.1, 0.15) is 17.5 Å². The Morgan fingerprint density at radius 1 is 0.960 bits per heavy atom. The first kappa shape index (κ1) is 14.9. The van der Waals surface area contributed by atoms with Gasteiger partial charge >= 0.3 is 0 Å². The maximum Gasteiger partial charge on any atom is 0.156 e. The van der Waals surface area contributed by atoms with Gasteiger partial charge in [0.05, 0.1) is 5.52 Å². The third-order valence-corrected chi connectivity index (χ3v) is 5.78. The number of hydrogen-bond acceptors (Lipinski definition) is 4. The first-order chi connectivity index (χ1) is 12.4. The molecule has 3 heterocycles. The van der Waals surface area contributed by atoms with E-state index in [-0.39, 0.29) is 0 Å². The molecular formula is C20H23N5. The predicted molar refractivity (Wildman–Crippen MR) is 99.9 cm³/mol. The summed E-state index contributed by atoms with van der Waals surface area (Å²) in [6.07, 6.45) is 7.32. The minimum atomic E-state index is 0.688. The molecule has 128 valence electrons. The highest BCUT2D eigenvalue weighted by atomic mass is 15.3. The second kappa shape index (κ2) is 6.15. The number of hydrogen-bond donors (Lipinski definition) is 1. The molecule has 1 saturated heterocycles. The summed E-state index contributed by atoms with van der Waals surface area (Å²) in [5.41, 5.74) is 5.15. The number of anilines is 1. The SMILES string of the molecule is c1ccc2c(c1)CCC(N1CCN(c3ncnc4cc[nH]c34)CC1)C2. The number of H-pyrrole nitrogens is 1. The standard InChI is InChI=1S/C20H23N5/c1-2-4-16-13-17(6-5-15(16)3-1)24-9-11-25(12-10-24)20-19-18(7-8-21-19)22-14-23-20/h1-4,7-8,14,17,21H,5-6,9-13H2. The summed E-state index contributed by atoms with van der Waals surface area (Å²) in [5, 5.41) is 0. The lowest BCUT2D eigenvalue weighted by molar-refractivity contribution is 0.170. The van der Waals surface area contributed by atoms with E-state index in [1.165, 1.54) is 19.3 Å². The van der Waals surface area contributed by atoms with Crippen molar-refractivity contribution >= 4 is 16.9 Å². The molecule has 1 aliphatic carbocycles. The highest BCUT2D eigenvalue weighted by Crippen LogP contribution is 2.27. The van der Waals surface area contributed by atoms with E-state index in [1.807, 2.05) is 12.3 Å². The number of nitrogens with one attached hydrogen (secondary N) is 1. The van der Waals surface area contributed by atoms with Gasteiger partial charge in [-0.1, -0.05) is 24.3 Å². The molecule has 3 aromatic rings. The number of nitrogens with zero attached hydrogens (tertiary/aromatic N) is 4. The lowest BCUT2D eigenvalue weighted by atomic mass is 9.87. The van der Waals surface area contributed by atoms with Crippen LogP contribution in [0.4, 0.5) is 5.82 Å². The second-order valence-corrected chi connectivity index (χ2v) is 7.12. The molecular weight excluding hydrogens is 310 g/mol. The summed E-state index contributed by atoms with van der Waals surface area (Å²) in [6.45, 7) is 4.28. The van der Waals surface area contributed by atoms with Gasteiger partial charge < -0.3 is 9.88 Å². The van der Waals surface area contributed by atoms with Crippen LogP contribution in [-0.2, 0) is 12.8 Å². The molecule has 5 rings (SSSR count). The zero-order chi connectivity index (χ0) is 16.6. The summed E-state index contributed by atoms with van der Waals surface area (Å²) < 4.78 is 0. The van der Waals surface area contributed by atoms with Gasteiger partial charge in [0.2, 0.25) is 0 Å². The van der Waals surface area contributed by atoms with E-state index in [0.717, 1.165) is 43.0 Å². The molecule has 1 atom stereocenters. The number of rotatable bonds is 2. The smallest absolute Gasteiger partial charge is 0.156 e. The highest BCUT2D eigenvalue weighted by Gasteiger charge is 2.28. The van der Waals surface area contributed by atoms with Gasteiger partial charge in [0, 0.05) is 38.4 Å². The van der Waals surface area contributed by atoms with Gasteiger partial charge in [0.15, 0.2) is 5.82 Å². The van der Waals surface area contributed by atoms with Crippen LogP contribution in [-0.4, -0.2) is 52.1 Å². The predicted octanol–water partition coefficient (Wildman–Crippen LogP) is 2.64. The summed E-state index contributed by atoms with van der Waals surface area (Å²) in [5.74, 6) is 1.05. The molecule has 5 heteroatoms. The monoisotopic (exact) mass is 333 g/mol. The van der Waals surface area contributed by atoms with E-state index >= 15 is 0 Å². The van der Waals surface area contributed by atoms with Crippen LogP contribution in [0.3, 0.4) is 0 Å². The number of aromatic nitrogens is 3. The molecule has 0 amide bonds. The van der Waals surface area contributed by atoms with Gasteiger partial charge in [0.1, 0.15) is 11.8 Å². The first-order valence-corrected chi connectivity index (χ1v) is 9.22. The molecule has 1 unspecified atom stereocenters. The highest BCUT2D eigenvalue weighted by molar-refractivity contribution is 5.85. The largest absolute Gasteiger partial charge is 0.357 e. The van der Waals surface area contributed by atoms with E-state index in [2.05, 4.69) is 49.0 Å². The van der Waals surface area contributed by atoms with Gasteiger partial charge in [-0.25, -0.2) is 9.97 Å². The molecule has 0 saturated carbocycles. The molecule has 0 spiro atoms. The van der Waals surface area contributed by atoms with Crippen molar-refractivity contribution in [2.75, 3.05) is 31.1 Å². The van der Waals surface area contributed by atoms with Gasteiger partial charge in [-0.15, -0.1) is 0 Å². The quantitative estimate of drug-likeness (QED) is 0.783. The average molecular weight is 333 g/mol. The van der Waals surface area contributed by atoms with Crippen molar-refractivity contribution in [1.82, 2.24) is 19.9 Å². The molecule has 0 radical (unpaired) electrons. The summed E-state index contributed by atoms with van der Waals surface area (Å²) in [7, 11) is 0. The summed E-state index contributed by atoms with van der Waals surface area (Å²) >= 11 is 0. The van der Waals surface area contributed by atoms with Crippen molar-refractivity contribution < 1.29 is 0 Å². The maximum absolute atomic E-state index is 4.54. The van der Waals surface area contributed by atoms with Crippen LogP contribution >= 0.6 is 0 Å². The lowest BCUT2D eigenvalue weighted by Gasteiger charge is -2.41. The number of benzene rings is 1. The summed E-state index contributed by atoms with van der Waals surface area (Å²) in [4.78, 5) is 17.2. The Balaban J connectivity index is 1.28. The second-order valence-electron chi connectivity index (χ2n) is 7.12. The molecule has 1 N–H and O–H groups in total. The molecule has 25 heavy (non-hydrogen) atoms. The molecule has 0 bridgehead atoms. The Morgan fingerprint density at radius 3 is 2.68 bits per heavy atom. The van der Waals surface area contributed by atoms with Gasteiger partial charge in [-0.2, -0.15) is 0 Å². The van der Waals surface area contributed by atoms with Crippen LogP contribution in [0.5, 0.6) is 0 Å². The number of aryl methyl sites for hydroxylation is 1. The fourth-order valence-electron chi connectivity index (χ4n) is 4.39. The zero-order valence-electron chi connectivity index (χ0n) is 14.4. The Hall–Kier alpha value is -2.40. The van der Waals surface area contributed by atoms with Crippen molar-refractivity contribution in [2.45, 2.75) is 25.3 Å². The van der Waals surface area contributed by atoms with Crippen LogP contribution < -0.4 is 4.90 Å². The normalized spacial score (nSPS) is 21.4. The molecule has 1 aliphatic heterocycles. The molecule has 5 nitrogen and oxygen atoms in total. The maximum atomic E-state index is 4.54. The minimum Gasteiger partial charge on any atom is -0.357 e. The third kappa shape index (κ3) is 2.68. The van der Waals surface area contributed by atoms with Gasteiger partial charge in [-0.05, 0) is 36.5 Å². The molecule has 2 aliphatic rings. The van der Waals surface area contributed by atoms with Crippen LogP contribution in [0, 0.1) is 0 Å². The van der Waals surface area contributed by atoms with Gasteiger partial charge in [-0.3, -0.25) is 4.90 Å². The Bertz CT molecular complexity index is 878. The summed E-state index contributed by atoms with van der Waals surface area (Å²) in [6, 6.07) is 11.6. The Morgan fingerprint density at radius 2 is 1.80 bits per heavy atom. The lowest BCUT2D eigenvalue weighted by Crippen LogP contribution is -2.52. The Labute approximate surface area is 147 Å². The fraction of sp³-hybridized carbons (Fsp3) is 0.400. The number of piperazine rings is 1. The van der Waals surface area contributed by atoms with Crippen LogP contribution in [0.25, 0.3) is 11.0 Å². The third-order valence-electron chi connectivity index (χ3n) is 5.78. The first-order valence-electron chi connectivity index (χ1n) is 9.22. The van der Waals surface area contributed by atoms with Crippen LogP contribution in [0.2, 0.25) is 0 Å². The van der Waals surface area contributed by atoms with E-state index in [4.69, 9.17) is 0 Å². The molecule has 2 aromatic heterocycles. The number of aromatic amines is 1. The molecule has 1 fully saturated rings. The van der Waals surface area contributed by atoms with Crippen molar-refractivity contribution in [1.29, 1.82) is 0 Å². The van der Waals surface area contributed by atoms with E-state index < -0.39 is 0 Å². The van der Waals surface area contributed by atoms with E-state index in [1.54, 1.807) is 17.5 Å². The van der Waals surface area contributed by atoms with Crippen molar-refractivity contribution in [3.8, 4) is 0 Å². The van der Waals surface area contributed by atoms with Crippen molar-refractivity contribution in [3.63, 3.8) is 0 Å². The van der Waals surface area contributed by atoms with Gasteiger partial charge in [0.25, 0.3) is 0 Å². The van der Waals surface area contributed by atoms with Crippen LogP contribution in [0.15, 0.2) is 42.9 Å².